The fraction of sp³-hybridized carbons (Fsp3) is 0.500. The van der Waals surface area contributed by atoms with Gasteiger partial charge in [0, 0.05) is 18.8 Å². The minimum absolute atomic E-state index is 0.274. The highest BCUT2D eigenvalue weighted by Gasteiger charge is 2.30. The van der Waals surface area contributed by atoms with E-state index in [0.717, 1.165) is 0 Å². The van der Waals surface area contributed by atoms with Crippen molar-refractivity contribution >= 4 is 27.2 Å². The van der Waals surface area contributed by atoms with Crippen molar-refractivity contribution in [2.45, 2.75) is 18.1 Å². The van der Waals surface area contributed by atoms with E-state index in [1.54, 1.807) is 6.07 Å². The molecule has 1 aliphatic heterocycles. The van der Waals surface area contributed by atoms with E-state index < -0.39 is 26.6 Å². The molecule has 7 heteroatoms. The van der Waals surface area contributed by atoms with E-state index in [-0.39, 0.29) is 10.6 Å². The Kier molecular flexibility index (Phi) is 5.24. The van der Waals surface area contributed by atoms with Crippen LogP contribution in [0.5, 0.6) is 5.75 Å². The standard InChI is InChI=1S/C14H17ClO5S/c1-19-14-3-2-10(8-12(14)15)13(16)9-21(17,18)11-4-6-20-7-5-11/h2-3,8,11H,4-7,9H2,1H3. The fourth-order valence-corrected chi connectivity index (χ4v) is 4.20. The summed E-state index contributed by atoms with van der Waals surface area (Å²) < 4.78 is 34.6. The molecule has 0 saturated carbocycles. The van der Waals surface area contributed by atoms with Crippen LogP contribution >= 0.6 is 11.6 Å². The van der Waals surface area contributed by atoms with E-state index in [2.05, 4.69) is 0 Å². The maximum Gasteiger partial charge on any atom is 0.177 e. The van der Waals surface area contributed by atoms with Crippen molar-refractivity contribution in [1.82, 2.24) is 0 Å². The second-order valence-electron chi connectivity index (χ2n) is 4.89. The molecule has 1 aromatic carbocycles. The maximum absolute atomic E-state index is 12.2. The van der Waals surface area contributed by atoms with Crippen LogP contribution in [-0.2, 0) is 14.6 Å². The number of hydrogen-bond acceptors (Lipinski definition) is 5. The lowest BCUT2D eigenvalue weighted by Crippen LogP contribution is -2.33. The van der Waals surface area contributed by atoms with E-state index in [4.69, 9.17) is 21.1 Å². The number of carbonyl (C=O) groups is 1. The van der Waals surface area contributed by atoms with E-state index >= 15 is 0 Å². The zero-order valence-electron chi connectivity index (χ0n) is 11.7. The molecule has 2 rings (SSSR count). The third kappa shape index (κ3) is 3.96. The van der Waals surface area contributed by atoms with Gasteiger partial charge in [0.25, 0.3) is 0 Å². The minimum Gasteiger partial charge on any atom is -0.495 e. The van der Waals surface area contributed by atoms with Gasteiger partial charge in [-0.3, -0.25) is 4.79 Å². The fourth-order valence-electron chi connectivity index (χ4n) is 2.26. The summed E-state index contributed by atoms with van der Waals surface area (Å²) in [7, 11) is -1.99. The highest BCUT2D eigenvalue weighted by Crippen LogP contribution is 2.26. The maximum atomic E-state index is 12.2. The van der Waals surface area contributed by atoms with Crippen LogP contribution in [0.1, 0.15) is 23.2 Å². The molecular formula is C14H17ClO5S. The molecule has 21 heavy (non-hydrogen) atoms. The number of rotatable bonds is 5. The number of hydrogen-bond donors (Lipinski definition) is 0. The van der Waals surface area contributed by atoms with Crippen molar-refractivity contribution in [3.8, 4) is 5.75 Å². The number of ether oxygens (including phenoxy) is 2. The van der Waals surface area contributed by atoms with Gasteiger partial charge >= 0.3 is 0 Å². The van der Waals surface area contributed by atoms with Crippen LogP contribution < -0.4 is 4.74 Å². The van der Waals surface area contributed by atoms with E-state index in [1.165, 1.54) is 19.2 Å². The summed E-state index contributed by atoms with van der Waals surface area (Å²) in [5.74, 6) is -0.508. The largest absolute Gasteiger partial charge is 0.495 e. The van der Waals surface area contributed by atoms with Gasteiger partial charge in [-0.15, -0.1) is 0 Å². The Bertz CT molecular complexity index is 620. The molecule has 0 N–H and O–H groups in total. The average Bonchev–Trinajstić information content (AvgIpc) is 2.47. The first kappa shape index (κ1) is 16.3. The zero-order chi connectivity index (χ0) is 15.5. The lowest BCUT2D eigenvalue weighted by molar-refractivity contribution is 0.0971. The summed E-state index contributed by atoms with van der Waals surface area (Å²) in [5, 5.41) is -0.212. The molecule has 1 aliphatic rings. The van der Waals surface area contributed by atoms with Crippen molar-refractivity contribution in [1.29, 1.82) is 0 Å². The topological polar surface area (TPSA) is 69.7 Å². The second-order valence-corrected chi connectivity index (χ2v) is 7.58. The molecule has 0 amide bonds. The lowest BCUT2D eigenvalue weighted by atomic mass is 10.1. The summed E-state index contributed by atoms with van der Waals surface area (Å²) in [6, 6.07) is 4.51. The van der Waals surface area contributed by atoms with Crippen LogP contribution in [0.2, 0.25) is 5.02 Å². The first-order valence-corrected chi connectivity index (χ1v) is 8.69. The molecule has 0 unspecified atom stereocenters. The number of ketones is 1. The first-order chi connectivity index (χ1) is 9.94. The molecule has 5 nitrogen and oxygen atoms in total. The van der Waals surface area contributed by atoms with E-state index in [1.807, 2.05) is 0 Å². The summed E-state index contributed by atoms with van der Waals surface area (Å²) in [5.41, 5.74) is 0.274. The average molecular weight is 333 g/mol. The third-order valence-corrected chi connectivity index (χ3v) is 5.93. The summed E-state index contributed by atoms with van der Waals surface area (Å²) in [6.45, 7) is 0.846. The van der Waals surface area contributed by atoms with Crippen LogP contribution in [0.4, 0.5) is 0 Å². The summed E-state index contributed by atoms with van der Waals surface area (Å²) in [4.78, 5) is 12.1. The number of methoxy groups -OCH3 is 1. The molecule has 1 saturated heterocycles. The minimum atomic E-state index is -3.46. The Morgan fingerprint density at radius 1 is 1.38 bits per heavy atom. The molecule has 0 spiro atoms. The van der Waals surface area contributed by atoms with Crippen molar-refractivity contribution in [3.05, 3.63) is 28.8 Å². The summed E-state index contributed by atoms with van der Waals surface area (Å²) >= 11 is 5.95. The van der Waals surface area contributed by atoms with Crippen LogP contribution in [0.15, 0.2) is 18.2 Å². The Morgan fingerprint density at radius 3 is 2.62 bits per heavy atom. The molecule has 1 fully saturated rings. The van der Waals surface area contributed by atoms with Crippen LogP contribution in [0.25, 0.3) is 0 Å². The van der Waals surface area contributed by atoms with Gasteiger partial charge < -0.3 is 9.47 Å². The van der Waals surface area contributed by atoms with Crippen LogP contribution in [-0.4, -0.2) is 45.5 Å². The molecule has 0 aromatic heterocycles. The quantitative estimate of drug-likeness (QED) is 0.772. The molecule has 116 valence electrons. The second kappa shape index (κ2) is 6.77. The van der Waals surface area contributed by atoms with Crippen molar-refractivity contribution in [2.24, 2.45) is 0 Å². The van der Waals surface area contributed by atoms with E-state index in [0.29, 0.717) is 31.8 Å². The molecular weight excluding hydrogens is 316 g/mol. The van der Waals surface area contributed by atoms with Crippen molar-refractivity contribution in [3.63, 3.8) is 0 Å². The molecule has 1 aromatic rings. The lowest BCUT2D eigenvalue weighted by Gasteiger charge is -2.21. The Morgan fingerprint density at radius 2 is 2.05 bits per heavy atom. The molecule has 0 bridgehead atoms. The Hall–Kier alpha value is -1.11. The van der Waals surface area contributed by atoms with E-state index in [9.17, 15) is 13.2 Å². The number of halogens is 1. The molecule has 0 aliphatic carbocycles. The Balaban J connectivity index is 2.11. The Labute approximate surface area is 129 Å². The van der Waals surface area contributed by atoms with Crippen molar-refractivity contribution in [2.75, 3.05) is 26.1 Å². The number of sulfone groups is 1. The van der Waals surface area contributed by atoms with Gasteiger partial charge in [-0.05, 0) is 31.0 Å². The normalized spacial score (nSPS) is 16.7. The smallest absolute Gasteiger partial charge is 0.177 e. The van der Waals surface area contributed by atoms with Gasteiger partial charge in [-0.2, -0.15) is 0 Å². The third-order valence-electron chi connectivity index (χ3n) is 3.48. The van der Waals surface area contributed by atoms with Gasteiger partial charge in [0.15, 0.2) is 15.6 Å². The van der Waals surface area contributed by atoms with Gasteiger partial charge in [0.1, 0.15) is 11.5 Å². The predicted molar refractivity (Wildman–Crippen MR) is 80.0 cm³/mol. The highest BCUT2D eigenvalue weighted by atomic mass is 35.5. The SMILES string of the molecule is COc1ccc(C(=O)CS(=O)(=O)C2CCOCC2)cc1Cl. The van der Waals surface area contributed by atoms with Crippen LogP contribution in [0.3, 0.4) is 0 Å². The van der Waals surface area contributed by atoms with Crippen LogP contribution in [0, 0.1) is 0 Å². The summed E-state index contributed by atoms with van der Waals surface area (Å²) in [6.07, 6.45) is 0.887. The highest BCUT2D eigenvalue weighted by molar-refractivity contribution is 7.92. The number of carbonyl (C=O) groups excluding carboxylic acids is 1. The monoisotopic (exact) mass is 332 g/mol. The van der Waals surface area contributed by atoms with Gasteiger partial charge in [-0.25, -0.2) is 8.42 Å². The van der Waals surface area contributed by atoms with Crippen molar-refractivity contribution < 1.29 is 22.7 Å². The number of benzene rings is 1. The van der Waals surface area contributed by atoms with Gasteiger partial charge in [0.2, 0.25) is 0 Å². The molecule has 1 heterocycles. The molecule has 0 radical (unpaired) electrons. The predicted octanol–water partition coefficient (Wildman–Crippen LogP) is 2.13. The first-order valence-electron chi connectivity index (χ1n) is 6.60. The molecule has 0 atom stereocenters. The van der Waals surface area contributed by atoms with Gasteiger partial charge in [-0.1, -0.05) is 11.6 Å². The van der Waals surface area contributed by atoms with Gasteiger partial charge in [0.05, 0.1) is 17.4 Å². The zero-order valence-corrected chi connectivity index (χ0v) is 13.2. The number of Topliss-reactive ketones (excluding diaryl/α,β-unsaturated/α-hetero) is 1.